The molecule has 210 valence electrons. The summed E-state index contributed by atoms with van der Waals surface area (Å²) in [5.74, 6) is 2.04. The molecule has 5 aromatic rings. The second kappa shape index (κ2) is 11.6. The van der Waals surface area contributed by atoms with Crippen molar-refractivity contribution in [2.45, 2.75) is 33.4 Å². The average Bonchev–Trinajstić information content (AvgIpc) is 3.50. The molecule has 9 heteroatoms. The lowest BCUT2D eigenvalue weighted by Gasteiger charge is -2.30. The first kappa shape index (κ1) is 27.5. The Hall–Kier alpha value is -5.05. The molecule has 0 saturated carbocycles. The number of nitrogens with one attached hydrogen (secondary N) is 1. The molecule has 0 aliphatic heterocycles. The Labute approximate surface area is 238 Å². The number of hydrogen-bond donors (Lipinski definition) is 1. The molecule has 1 atom stereocenters. The van der Waals surface area contributed by atoms with E-state index >= 15 is 0 Å². The molecule has 5 rings (SSSR count). The van der Waals surface area contributed by atoms with Gasteiger partial charge >= 0.3 is 6.03 Å². The molecule has 0 bridgehead atoms. The summed E-state index contributed by atoms with van der Waals surface area (Å²) >= 11 is 0. The Morgan fingerprint density at radius 2 is 1.83 bits per heavy atom. The normalized spacial score (nSPS) is 11.7. The third kappa shape index (κ3) is 5.51. The van der Waals surface area contributed by atoms with Gasteiger partial charge in [-0.3, -0.25) is 9.36 Å². The van der Waals surface area contributed by atoms with E-state index < -0.39 is 12.1 Å². The lowest BCUT2D eigenvalue weighted by Crippen LogP contribution is -2.39. The zero-order valence-corrected chi connectivity index (χ0v) is 23.7. The topological polar surface area (TPSA) is 98.8 Å². The molecule has 9 nitrogen and oxygen atoms in total. The van der Waals surface area contributed by atoms with Crippen LogP contribution in [0.5, 0.6) is 11.5 Å². The van der Waals surface area contributed by atoms with Crippen molar-refractivity contribution in [3.8, 4) is 17.2 Å². The molecule has 0 radical (unpaired) electrons. The highest BCUT2D eigenvalue weighted by molar-refractivity contribution is 5.91. The van der Waals surface area contributed by atoms with Gasteiger partial charge in [0.25, 0.3) is 5.56 Å². The first-order valence-corrected chi connectivity index (χ1v) is 13.2. The Balaban J connectivity index is 1.65. The molecule has 0 aliphatic rings. The van der Waals surface area contributed by atoms with Crippen molar-refractivity contribution < 1.29 is 18.7 Å². The fraction of sp³-hybridized carbons (Fsp3) is 0.219. The van der Waals surface area contributed by atoms with Gasteiger partial charge in [-0.05, 0) is 74.4 Å². The summed E-state index contributed by atoms with van der Waals surface area (Å²) in [5, 5.41) is 3.45. The number of ether oxygens (including phenoxy) is 2. The number of aromatic nitrogens is 2. The fourth-order valence-electron chi connectivity index (χ4n) is 4.81. The maximum Gasteiger partial charge on any atom is 0.322 e. The average molecular weight is 553 g/mol. The number of aryl methyl sites for hydroxylation is 2. The van der Waals surface area contributed by atoms with Crippen molar-refractivity contribution in [3.05, 3.63) is 112 Å². The van der Waals surface area contributed by atoms with Crippen LogP contribution in [0, 0.1) is 13.8 Å². The van der Waals surface area contributed by atoms with Gasteiger partial charge in [0.2, 0.25) is 0 Å². The van der Waals surface area contributed by atoms with Gasteiger partial charge in [-0.1, -0.05) is 24.3 Å². The molecule has 0 spiro atoms. The zero-order chi connectivity index (χ0) is 29.1. The Kier molecular flexibility index (Phi) is 7.78. The van der Waals surface area contributed by atoms with Crippen molar-refractivity contribution in [2.75, 3.05) is 19.5 Å². The van der Waals surface area contributed by atoms with E-state index in [-0.39, 0.29) is 12.1 Å². The highest BCUT2D eigenvalue weighted by atomic mass is 16.5. The van der Waals surface area contributed by atoms with Gasteiger partial charge in [0.15, 0.2) is 0 Å². The lowest BCUT2D eigenvalue weighted by molar-refractivity contribution is 0.179. The molecular formula is C32H32N4O5. The Bertz CT molecular complexity index is 1760. The van der Waals surface area contributed by atoms with Crippen molar-refractivity contribution in [3.63, 3.8) is 0 Å². The van der Waals surface area contributed by atoms with Crippen molar-refractivity contribution >= 4 is 22.6 Å². The molecule has 41 heavy (non-hydrogen) atoms. The van der Waals surface area contributed by atoms with Crippen LogP contribution < -0.4 is 20.3 Å². The van der Waals surface area contributed by atoms with E-state index in [1.807, 2.05) is 51.1 Å². The zero-order valence-electron chi connectivity index (χ0n) is 23.7. The van der Waals surface area contributed by atoms with Gasteiger partial charge in [-0.2, -0.15) is 0 Å². The standard InChI is InChI=1S/C32H32N4O5/c1-20-12-13-21(2)28(17-20)36-30(33-26-11-7-6-10-25(26)31(36)37)22(3)35(19-24-9-8-16-41-24)32(38)34-27-15-14-23(39-4)18-29(27)40-5/h6-18,22H,19H2,1-5H3,(H,34,38). The van der Waals surface area contributed by atoms with E-state index in [0.29, 0.717) is 45.4 Å². The van der Waals surface area contributed by atoms with Crippen LogP contribution in [-0.2, 0) is 6.54 Å². The molecule has 1 N–H and O–H groups in total. The van der Waals surface area contributed by atoms with Crippen LogP contribution in [0.4, 0.5) is 10.5 Å². The maximum absolute atomic E-state index is 14.0. The number of carbonyl (C=O) groups excluding carboxylic acids is 1. The van der Waals surface area contributed by atoms with Crippen LogP contribution in [0.25, 0.3) is 16.6 Å². The number of methoxy groups -OCH3 is 2. The number of para-hydroxylation sites is 1. The lowest BCUT2D eigenvalue weighted by atomic mass is 10.1. The summed E-state index contributed by atoms with van der Waals surface area (Å²) < 4.78 is 18.0. The predicted molar refractivity (Wildman–Crippen MR) is 158 cm³/mol. The number of amides is 2. The number of anilines is 1. The third-order valence-corrected chi connectivity index (χ3v) is 7.07. The minimum atomic E-state index is -0.651. The largest absolute Gasteiger partial charge is 0.497 e. The summed E-state index contributed by atoms with van der Waals surface area (Å²) in [6, 6.07) is 20.8. The Morgan fingerprint density at radius 1 is 1.02 bits per heavy atom. The van der Waals surface area contributed by atoms with Crippen molar-refractivity contribution in [1.29, 1.82) is 0 Å². The highest BCUT2D eigenvalue weighted by Gasteiger charge is 2.29. The maximum atomic E-state index is 14.0. The van der Waals surface area contributed by atoms with Crippen LogP contribution in [0.3, 0.4) is 0 Å². The quantitative estimate of drug-likeness (QED) is 0.239. The smallest absolute Gasteiger partial charge is 0.322 e. The molecule has 0 fully saturated rings. The van der Waals surface area contributed by atoms with Gasteiger partial charge in [0.1, 0.15) is 23.1 Å². The fourth-order valence-corrected chi connectivity index (χ4v) is 4.81. The van der Waals surface area contributed by atoms with Crippen LogP contribution in [-0.4, -0.2) is 34.7 Å². The second-order valence-electron chi connectivity index (χ2n) is 9.80. The van der Waals surface area contributed by atoms with Crippen molar-refractivity contribution in [2.24, 2.45) is 0 Å². The summed E-state index contributed by atoms with van der Waals surface area (Å²) in [4.78, 5) is 34.5. The summed E-state index contributed by atoms with van der Waals surface area (Å²) in [5.41, 5.74) is 3.44. The summed E-state index contributed by atoms with van der Waals surface area (Å²) in [7, 11) is 3.08. The number of hydrogen-bond acceptors (Lipinski definition) is 6. The molecule has 3 aromatic carbocycles. The van der Waals surface area contributed by atoms with Crippen LogP contribution >= 0.6 is 0 Å². The van der Waals surface area contributed by atoms with E-state index in [2.05, 4.69) is 5.32 Å². The molecule has 0 aliphatic carbocycles. The molecule has 0 saturated heterocycles. The number of rotatable bonds is 8. The van der Waals surface area contributed by atoms with Gasteiger partial charge in [-0.25, -0.2) is 9.78 Å². The van der Waals surface area contributed by atoms with Crippen LogP contribution in [0.2, 0.25) is 0 Å². The van der Waals surface area contributed by atoms with Gasteiger partial charge in [0, 0.05) is 6.07 Å². The molecule has 2 amide bonds. The van der Waals surface area contributed by atoms with Crippen LogP contribution in [0.1, 0.15) is 35.7 Å². The number of fused-ring (bicyclic) bond motifs is 1. The van der Waals surface area contributed by atoms with E-state index in [4.69, 9.17) is 18.9 Å². The second-order valence-corrected chi connectivity index (χ2v) is 9.80. The number of urea groups is 1. The minimum absolute atomic E-state index is 0.133. The molecule has 2 aromatic heterocycles. The van der Waals surface area contributed by atoms with Gasteiger partial charge in [-0.15, -0.1) is 0 Å². The van der Waals surface area contributed by atoms with Crippen LogP contribution in [0.15, 0.2) is 88.3 Å². The molecular weight excluding hydrogens is 520 g/mol. The molecule has 2 heterocycles. The van der Waals surface area contributed by atoms with Gasteiger partial charge in [0.05, 0.1) is 55.3 Å². The van der Waals surface area contributed by atoms with Crippen molar-refractivity contribution in [1.82, 2.24) is 14.5 Å². The van der Waals surface area contributed by atoms with E-state index in [9.17, 15) is 9.59 Å². The third-order valence-electron chi connectivity index (χ3n) is 7.07. The molecule has 1 unspecified atom stereocenters. The first-order chi connectivity index (χ1) is 19.8. The number of furan rings is 1. The van der Waals surface area contributed by atoms with E-state index in [0.717, 1.165) is 11.1 Å². The SMILES string of the molecule is COc1ccc(NC(=O)N(Cc2ccco2)C(C)c2nc3ccccc3c(=O)n2-c2cc(C)ccc2C)c(OC)c1. The van der Waals surface area contributed by atoms with Gasteiger partial charge < -0.3 is 24.1 Å². The highest BCUT2D eigenvalue weighted by Crippen LogP contribution is 2.31. The number of carbonyl (C=O) groups is 1. The number of nitrogens with zero attached hydrogens (tertiary/aromatic N) is 3. The van der Waals surface area contributed by atoms with E-state index in [1.165, 1.54) is 7.11 Å². The predicted octanol–water partition coefficient (Wildman–Crippen LogP) is 6.41. The monoisotopic (exact) mass is 552 g/mol. The van der Waals surface area contributed by atoms with E-state index in [1.54, 1.807) is 65.3 Å². The number of benzene rings is 3. The minimum Gasteiger partial charge on any atom is -0.497 e. The first-order valence-electron chi connectivity index (χ1n) is 13.2. The summed E-state index contributed by atoms with van der Waals surface area (Å²) in [6.07, 6.45) is 1.56. The Morgan fingerprint density at radius 3 is 2.56 bits per heavy atom. The summed E-state index contributed by atoms with van der Waals surface area (Å²) in [6.45, 7) is 5.92.